The molecule has 53 valence electrons. The molecule has 3 heteroatoms. The molecular formula is C7H10N3. The lowest BCUT2D eigenvalue weighted by atomic mass is 10.1. The van der Waals surface area contributed by atoms with Crippen molar-refractivity contribution in [3.63, 3.8) is 0 Å². The van der Waals surface area contributed by atoms with Crippen LogP contribution in [0.4, 0.5) is 11.4 Å². The van der Waals surface area contributed by atoms with Gasteiger partial charge in [0.15, 0.2) is 0 Å². The molecule has 0 spiro atoms. The number of benzene rings is 1. The van der Waals surface area contributed by atoms with Crippen LogP contribution in [0.1, 0.15) is 5.56 Å². The minimum absolute atomic E-state index is 0.433. The van der Waals surface area contributed by atoms with Crippen molar-refractivity contribution < 1.29 is 0 Å². The monoisotopic (exact) mass is 136 g/mol. The van der Waals surface area contributed by atoms with Gasteiger partial charge in [-0.2, -0.15) is 0 Å². The standard InChI is InChI=1S/C7H10N3/c8-4-5-1-2-6(9)3-7(5)10/h1,3H,4,8-10H2. The first-order valence-electron chi connectivity index (χ1n) is 2.99. The highest BCUT2D eigenvalue weighted by Crippen LogP contribution is 2.13. The fraction of sp³-hybridized carbons (Fsp3) is 0.143. The molecule has 0 aliphatic carbocycles. The van der Waals surface area contributed by atoms with Crippen LogP contribution in [0.3, 0.4) is 0 Å². The van der Waals surface area contributed by atoms with Crippen molar-refractivity contribution in [2.24, 2.45) is 5.73 Å². The number of rotatable bonds is 1. The molecule has 0 fully saturated rings. The Labute approximate surface area is 59.8 Å². The molecule has 0 aliphatic rings. The highest BCUT2D eigenvalue weighted by molar-refractivity contribution is 5.55. The zero-order valence-corrected chi connectivity index (χ0v) is 5.59. The molecule has 0 bridgehead atoms. The summed E-state index contributed by atoms with van der Waals surface area (Å²) in [5.41, 5.74) is 18.4. The second-order valence-corrected chi connectivity index (χ2v) is 2.07. The van der Waals surface area contributed by atoms with Gasteiger partial charge in [-0.15, -0.1) is 0 Å². The van der Waals surface area contributed by atoms with Crippen molar-refractivity contribution in [1.29, 1.82) is 0 Å². The van der Waals surface area contributed by atoms with E-state index in [-0.39, 0.29) is 0 Å². The second-order valence-electron chi connectivity index (χ2n) is 2.07. The van der Waals surface area contributed by atoms with Crippen LogP contribution < -0.4 is 17.2 Å². The maximum Gasteiger partial charge on any atom is 0.0415 e. The molecule has 0 aromatic heterocycles. The van der Waals surface area contributed by atoms with Gasteiger partial charge in [0, 0.05) is 24.0 Å². The van der Waals surface area contributed by atoms with Gasteiger partial charge in [0.1, 0.15) is 0 Å². The predicted octanol–water partition coefficient (Wildman–Crippen LogP) is 0.110. The molecule has 6 N–H and O–H groups in total. The summed E-state index contributed by atoms with van der Waals surface area (Å²) in [7, 11) is 0. The van der Waals surface area contributed by atoms with Gasteiger partial charge in [0.05, 0.1) is 0 Å². The van der Waals surface area contributed by atoms with E-state index in [1.165, 1.54) is 0 Å². The lowest BCUT2D eigenvalue weighted by molar-refractivity contribution is 1.08. The molecule has 1 aromatic carbocycles. The normalized spacial score (nSPS) is 9.70. The van der Waals surface area contributed by atoms with Crippen LogP contribution >= 0.6 is 0 Å². The number of nitrogen functional groups attached to an aromatic ring is 2. The zero-order chi connectivity index (χ0) is 7.56. The third-order valence-electron chi connectivity index (χ3n) is 1.31. The Morgan fingerprint density at radius 1 is 1.40 bits per heavy atom. The second kappa shape index (κ2) is 2.58. The molecule has 0 aliphatic heterocycles. The highest BCUT2D eigenvalue weighted by Gasteiger charge is 1.95. The smallest absolute Gasteiger partial charge is 0.0415 e. The van der Waals surface area contributed by atoms with Crippen molar-refractivity contribution in [2.75, 3.05) is 11.5 Å². The van der Waals surface area contributed by atoms with E-state index < -0.39 is 0 Å². The lowest BCUT2D eigenvalue weighted by Crippen LogP contribution is -2.01. The van der Waals surface area contributed by atoms with Gasteiger partial charge in [0.2, 0.25) is 0 Å². The van der Waals surface area contributed by atoms with Crippen LogP contribution in [0.5, 0.6) is 0 Å². The van der Waals surface area contributed by atoms with Gasteiger partial charge in [-0.3, -0.25) is 0 Å². The maximum absolute atomic E-state index is 5.55. The van der Waals surface area contributed by atoms with Gasteiger partial charge in [-0.05, 0) is 17.7 Å². The van der Waals surface area contributed by atoms with Crippen LogP contribution in [0.2, 0.25) is 0 Å². The summed E-state index contributed by atoms with van der Waals surface area (Å²) < 4.78 is 0. The summed E-state index contributed by atoms with van der Waals surface area (Å²) in [6.45, 7) is 0.433. The summed E-state index contributed by atoms with van der Waals surface area (Å²) >= 11 is 0. The average Bonchev–Trinajstić information content (AvgIpc) is 1.88. The van der Waals surface area contributed by atoms with Crippen LogP contribution in [0, 0.1) is 6.07 Å². The predicted molar refractivity (Wildman–Crippen MR) is 42.0 cm³/mol. The van der Waals surface area contributed by atoms with E-state index in [1.54, 1.807) is 12.1 Å². The maximum atomic E-state index is 5.55. The van der Waals surface area contributed by atoms with Crippen LogP contribution in [-0.2, 0) is 6.54 Å². The summed E-state index contributed by atoms with van der Waals surface area (Å²) in [6.07, 6.45) is 0. The van der Waals surface area contributed by atoms with E-state index in [4.69, 9.17) is 17.2 Å². The number of hydrogen-bond acceptors (Lipinski definition) is 3. The van der Waals surface area contributed by atoms with Crippen LogP contribution in [0.25, 0.3) is 0 Å². The van der Waals surface area contributed by atoms with Gasteiger partial charge in [0.25, 0.3) is 0 Å². The molecule has 0 amide bonds. The first-order chi connectivity index (χ1) is 4.74. The van der Waals surface area contributed by atoms with Crippen LogP contribution in [-0.4, -0.2) is 0 Å². The summed E-state index contributed by atoms with van der Waals surface area (Å²) in [5, 5.41) is 0. The molecule has 3 nitrogen and oxygen atoms in total. The minimum Gasteiger partial charge on any atom is -0.398 e. The molecule has 0 atom stereocenters. The Kier molecular flexibility index (Phi) is 1.78. The molecule has 0 heterocycles. The third kappa shape index (κ3) is 1.19. The fourth-order valence-electron chi connectivity index (χ4n) is 0.732. The van der Waals surface area contributed by atoms with E-state index in [1.807, 2.05) is 0 Å². The topological polar surface area (TPSA) is 78.1 Å². The summed E-state index contributed by atoms with van der Waals surface area (Å²) in [5.74, 6) is 0. The Balaban J connectivity index is 3.07. The summed E-state index contributed by atoms with van der Waals surface area (Å²) in [6, 6.07) is 6.18. The quantitative estimate of drug-likeness (QED) is 0.479. The highest BCUT2D eigenvalue weighted by atomic mass is 14.6. The molecule has 1 radical (unpaired) electrons. The molecule has 0 saturated carbocycles. The summed E-state index contributed by atoms with van der Waals surface area (Å²) in [4.78, 5) is 0. The van der Waals surface area contributed by atoms with E-state index in [2.05, 4.69) is 6.07 Å². The van der Waals surface area contributed by atoms with Crippen LogP contribution in [0.15, 0.2) is 12.1 Å². The molecule has 1 aromatic rings. The van der Waals surface area contributed by atoms with Crippen molar-refractivity contribution in [2.45, 2.75) is 6.54 Å². The fourth-order valence-corrected chi connectivity index (χ4v) is 0.732. The lowest BCUT2D eigenvalue weighted by Gasteiger charge is -2.01. The van der Waals surface area contributed by atoms with E-state index in [0.717, 1.165) is 5.56 Å². The van der Waals surface area contributed by atoms with Crippen molar-refractivity contribution in [1.82, 2.24) is 0 Å². The van der Waals surface area contributed by atoms with E-state index in [0.29, 0.717) is 17.9 Å². The largest absolute Gasteiger partial charge is 0.398 e. The molecule has 10 heavy (non-hydrogen) atoms. The Bertz CT molecular complexity index is 232. The first-order valence-corrected chi connectivity index (χ1v) is 2.99. The van der Waals surface area contributed by atoms with Gasteiger partial charge in [-0.25, -0.2) is 0 Å². The van der Waals surface area contributed by atoms with Crippen molar-refractivity contribution >= 4 is 11.4 Å². The SMILES string of the molecule is NCc1c[c]c(N)cc1N. The number of hydrogen-bond donors (Lipinski definition) is 3. The molecule has 1 rings (SSSR count). The first kappa shape index (κ1) is 6.89. The Hall–Kier alpha value is -1.22. The molecule has 0 saturated heterocycles. The number of anilines is 2. The third-order valence-corrected chi connectivity index (χ3v) is 1.31. The zero-order valence-electron chi connectivity index (χ0n) is 5.59. The minimum atomic E-state index is 0.433. The van der Waals surface area contributed by atoms with Crippen molar-refractivity contribution in [3.05, 3.63) is 23.8 Å². The molecule has 0 unspecified atom stereocenters. The molecular weight excluding hydrogens is 126 g/mol. The average molecular weight is 136 g/mol. The van der Waals surface area contributed by atoms with E-state index in [9.17, 15) is 0 Å². The Morgan fingerprint density at radius 3 is 2.60 bits per heavy atom. The van der Waals surface area contributed by atoms with E-state index >= 15 is 0 Å². The van der Waals surface area contributed by atoms with Gasteiger partial charge < -0.3 is 17.2 Å². The number of nitrogens with two attached hydrogens (primary N) is 3. The van der Waals surface area contributed by atoms with Gasteiger partial charge >= 0.3 is 0 Å². The Morgan fingerprint density at radius 2 is 2.10 bits per heavy atom. The van der Waals surface area contributed by atoms with Crippen molar-refractivity contribution in [3.8, 4) is 0 Å². The van der Waals surface area contributed by atoms with Gasteiger partial charge in [-0.1, -0.05) is 0 Å².